The van der Waals surface area contributed by atoms with Gasteiger partial charge in [0.2, 0.25) is 0 Å². The molecule has 0 radical (unpaired) electrons. The molecule has 90 valence electrons. The van der Waals surface area contributed by atoms with E-state index in [1.54, 1.807) is 0 Å². The van der Waals surface area contributed by atoms with Crippen LogP contribution in [0.5, 0.6) is 0 Å². The minimum Gasteiger partial charge on any atom is -0.354 e. The molecule has 2 aliphatic heterocycles. The molecule has 3 nitrogen and oxygen atoms in total. The first kappa shape index (κ1) is 10.6. The molecule has 0 aliphatic carbocycles. The molecular weight excluding hydrogens is 210 g/mol. The van der Waals surface area contributed by atoms with Crippen molar-refractivity contribution in [2.45, 2.75) is 26.3 Å². The first-order chi connectivity index (χ1) is 8.25. The fraction of sp³-hybridized carbons (Fsp3) is 0.500. The predicted octanol–water partition coefficient (Wildman–Crippen LogP) is 2.01. The summed E-state index contributed by atoms with van der Waals surface area (Å²) in [5.41, 5.74) is 4.21. The second-order valence-corrected chi connectivity index (χ2v) is 4.99. The summed E-state index contributed by atoms with van der Waals surface area (Å²) in [6.07, 6.45) is 1.13. The summed E-state index contributed by atoms with van der Waals surface area (Å²) in [5, 5.41) is 3.37. The van der Waals surface area contributed by atoms with Gasteiger partial charge >= 0.3 is 0 Å². The van der Waals surface area contributed by atoms with E-state index in [4.69, 9.17) is 0 Å². The van der Waals surface area contributed by atoms with Crippen LogP contribution in [0.1, 0.15) is 29.2 Å². The van der Waals surface area contributed by atoms with Crippen LogP contribution in [-0.4, -0.2) is 30.5 Å². The van der Waals surface area contributed by atoms with Crippen LogP contribution in [0.3, 0.4) is 0 Å². The van der Waals surface area contributed by atoms with E-state index >= 15 is 0 Å². The molecule has 1 atom stereocenters. The summed E-state index contributed by atoms with van der Waals surface area (Å²) >= 11 is 0. The Morgan fingerprint density at radius 2 is 2.24 bits per heavy atom. The molecule has 1 aromatic rings. The van der Waals surface area contributed by atoms with Crippen LogP contribution in [-0.2, 0) is 0 Å². The lowest BCUT2D eigenvalue weighted by atomic mass is 9.95. The highest BCUT2D eigenvalue weighted by molar-refractivity contribution is 5.83. The number of hydrogen-bond acceptors (Lipinski definition) is 3. The maximum absolute atomic E-state index is 4.55. The Bertz CT molecular complexity index is 465. The standard InChI is InChI=1S/C14H19N3/c1-10-3-4-12(11(2)9-10)13-5-6-15-14-16-7-8-17(13)14/h3-4,9,13H,5-8H2,1-2H3,(H,15,16). The normalized spacial score (nSPS) is 23.1. The third-order valence-electron chi connectivity index (χ3n) is 3.73. The molecule has 1 N–H and O–H groups in total. The maximum Gasteiger partial charge on any atom is 0.194 e. The molecule has 1 saturated heterocycles. The number of rotatable bonds is 1. The molecular formula is C14H19N3. The first-order valence-corrected chi connectivity index (χ1v) is 6.38. The van der Waals surface area contributed by atoms with Gasteiger partial charge in [0.25, 0.3) is 0 Å². The van der Waals surface area contributed by atoms with Gasteiger partial charge in [-0.1, -0.05) is 23.8 Å². The van der Waals surface area contributed by atoms with Gasteiger partial charge in [0.05, 0.1) is 6.04 Å². The molecule has 0 amide bonds. The highest BCUT2D eigenvalue weighted by atomic mass is 15.4. The SMILES string of the molecule is Cc1ccc(C2CCN=C3NCCN32)c(C)c1. The lowest BCUT2D eigenvalue weighted by Gasteiger charge is -2.33. The molecule has 17 heavy (non-hydrogen) atoms. The van der Waals surface area contributed by atoms with Crippen LogP contribution in [0.25, 0.3) is 0 Å². The average Bonchev–Trinajstić information content (AvgIpc) is 2.77. The molecule has 1 fully saturated rings. The van der Waals surface area contributed by atoms with Crippen LogP contribution in [0, 0.1) is 13.8 Å². The fourth-order valence-electron chi connectivity index (χ4n) is 2.92. The van der Waals surface area contributed by atoms with E-state index in [0.717, 1.165) is 32.0 Å². The van der Waals surface area contributed by atoms with Gasteiger partial charge in [0.15, 0.2) is 5.96 Å². The zero-order valence-electron chi connectivity index (χ0n) is 10.5. The van der Waals surface area contributed by atoms with Gasteiger partial charge in [0.1, 0.15) is 0 Å². The monoisotopic (exact) mass is 229 g/mol. The van der Waals surface area contributed by atoms with E-state index in [1.165, 1.54) is 16.7 Å². The molecule has 2 heterocycles. The van der Waals surface area contributed by atoms with Crippen molar-refractivity contribution in [2.75, 3.05) is 19.6 Å². The van der Waals surface area contributed by atoms with Gasteiger partial charge in [-0.2, -0.15) is 0 Å². The topological polar surface area (TPSA) is 27.6 Å². The van der Waals surface area contributed by atoms with Crippen LogP contribution >= 0.6 is 0 Å². The van der Waals surface area contributed by atoms with Gasteiger partial charge in [-0.3, -0.25) is 4.99 Å². The quantitative estimate of drug-likeness (QED) is 0.797. The van der Waals surface area contributed by atoms with Gasteiger partial charge in [-0.05, 0) is 31.4 Å². The Morgan fingerprint density at radius 1 is 1.35 bits per heavy atom. The van der Waals surface area contributed by atoms with Crippen molar-refractivity contribution < 1.29 is 0 Å². The van der Waals surface area contributed by atoms with Gasteiger partial charge in [0, 0.05) is 19.6 Å². The lowest BCUT2D eigenvalue weighted by Crippen LogP contribution is -2.37. The molecule has 2 aliphatic rings. The van der Waals surface area contributed by atoms with Gasteiger partial charge in [-0.15, -0.1) is 0 Å². The molecule has 0 saturated carbocycles. The van der Waals surface area contributed by atoms with Crippen molar-refractivity contribution in [1.29, 1.82) is 0 Å². The van der Waals surface area contributed by atoms with E-state index in [0.29, 0.717) is 6.04 Å². The van der Waals surface area contributed by atoms with Crippen LogP contribution in [0.2, 0.25) is 0 Å². The average molecular weight is 229 g/mol. The number of nitrogens with one attached hydrogen (secondary N) is 1. The van der Waals surface area contributed by atoms with E-state index < -0.39 is 0 Å². The van der Waals surface area contributed by atoms with Crippen LogP contribution in [0.15, 0.2) is 23.2 Å². The number of nitrogens with zero attached hydrogens (tertiary/aromatic N) is 2. The molecule has 3 heteroatoms. The smallest absolute Gasteiger partial charge is 0.194 e. The zero-order valence-corrected chi connectivity index (χ0v) is 10.5. The summed E-state index contributed by atoms with van der Waals surface area (Å²) in [6.45, 7) is 7.42. The van der Waals surface area contributed by atoms with Crippen LogP contribution < -0.4 is 5.32 Å². The van der Waals surface area contributed by atoms with Crippen molar-refractivity contribution in [3.8, 4) is 0 Å². The van der Waals surface area contributed by atoms with Crippen LogP contribution in [0.4, 0.5) is 0 Å². The summed E-state index contributed by atoms with van der Waals surface area (Å²) in [5.74, 6) is 1.10. The maximum atomic E-state index is 4.55. The van der Waals surface area contributed by atoms with Crippen molar-refractivity contribution >= 4 is 5.96 Å². The Balaban J connectivity index is 1.96. The molecule has 0 aromatic heterocycles. The Morgan fingerprint density at radius 3 is 3.06 bits per heavy atom. The molecule has 1 unspecified atom stereocenters. The van der Waals surface area contributed by atoms with Crippen molar-refractivity contribution in [3.05, 3.63) is 34.9 Å². The molecule has 3 rings (SSSR count). The third-order valence-corrected chi connectivity index (χ3v) is 3.73. The highest BCUT2D eigenvalue weighted by Crippen LogP contribution is 2.31. The summed E-state index contributed by atoms with van der Waals surface area (Å²) in [4.78, 5) is 6.96. The minimum atomic E-state index is 0.512. The van der Waals surface area contributed by atoms with Gasteiger partial charge < -0.3 is 10.2 Å². The number of benzene rings is 1. The van der Waals surface area contributed by atoms with E-state index in [-0.39, 0.29) is 0 Å². The Labute approximate surface area is 103 Å². The third kappa shape index (κ3) is 1.79. The number of aliphatic imine (C=N–C) groups is 1. The molecule has 1 aromatic carbocycles. The largest absolute Gasteiger partial charge is 0.354 e. The first-order valence-electron chi connectivity index (χ1n) is 6.38. The second kappa shape index (κ2) is 4.06. The Hall–Kier alpha value is -1.51. The van der Waals surface area contributed by atoms with Gasteiger partial charge in [-0.25, -0.2) is 0 Å². The highest BCUT2D eigenvalue weighted by Gasteiger charge is 2.30. The number of fused-ring (bicyclic) bond motifs is 1. The second-order valence-electron chi connectivity index (χ2n) is 4.99. The predicted molar refractivity (Wildman–Crippen MR) is 70.3 cm³/mol. The van der Waals surface area contributed by atoms with Crippen molar-refractivity contribution in [3.63, 3.8) is 0 Å². The Kier molecular flexibility index (Phi) is 2.54. The van der Waals surface area contributed by atoms with E-state index in [9.17, 15) is 0 Å². The summed E-state index contributed by atoms with van der Waals surface area (Å²) in [6, 6.07) is 7.30. The number of guanidine groups is 1. The zero-order chi connectivity index (χ0) is 11.8. The summed E-state index contributed by atoms with van der Waals surface area (Å²) < 4.78 is 0. The fourth-order valence-corrected chi connectivity index (χ4v) is 2.92. The molecule has 0 spiro atoms. The van der Waals surface area contributed by atoms with E-state index in [1.807, 2.05) is 0 Å². The lowest BCUT2D eigenvalue weighted by molar-refractivity contribution is 0.313. The number of hydrogen-bond donors (Lipinski definition) is 1. The van der Waals surface area contributed by atoms with E-state index in [2.05, 4.69) is 47.3 Å². The minimum absolute atomic E-state index is 0.512. The number of aryl methyl sites for hydroxylation is 2. The summed E-state index contributed by atoms with van der Waals surface area (Å²) in [7, 11) is 0. The molecule has 0 bridgehead atoms. The van der Waals surface area contributed by atoms with Crippen molar-refractivity contribution in [1.82, 2.24) is 10.2 Å². The van der Waals surface area contributed by atoms with Crippen molar-refractivity contribution in [2.24, 2.45) is 4.99 Å².